The van der Waals surface area contributed by atoms with E-state index in [4.69, 9.17) is 9.47 Å². The van der Waals surface area contributed by atoms with Crippen LogP contribution in [0.2, 0.25) is 0 Å². The van der Waals surface area contributed by atoms with Crippen LogP contribution in [0.5, 0.6) is 0 Å². The van der Waals surface area contributed by atoms with Gasteiger partial charge in [0.05, 0.1) is 6.61 Å². The summed E-state index contributed by atoms with van der Waals surface area (Å²) in [6, 6.07) is 9.60. The van der Waals surface area contributed by atoms with Gasteiger partial charge in [-0.3, -0.25) is 4.90 Å². The second-order valence-electron chi connectivity index (χ2n) is 7.27. The molecule has 1 amide bonds. The molecular formula is C23H29NO4. The number of hydrogen-bond acceptors (Lipinski definition) is 4. The van der Waals surface area contributed by atoms with Crippen LogP contribution >= 0.6 is 0 Å². The van der Waals surface area contributed by atoms with Gasteiger partial charge in [0.15, 0.2) is 0 Å². The second kappa shape index (κ2) is 10.7. The molecule has 150 valence electrons. The van der Waals surface area contributed by atoms with Crippen molar-refractivity contribution in [1.82, 2.24) is 4.90 Å². The summed E-state index contributed by atoms with van der Waals surface area (Å²) in [5.41, 5.74) is 2.24. The molecule has 1 atom stereocenters. The van der Waals surface area contributed by atoms with Crippen molar-refractivity contribution in [1.29, 1.82) is 0 Å². The van der Waals surface area contributed by atoms with Gasteiger partial charge in [-0.2, -0.15) is 0 Å². The maximum absolute atomic E-state index is 12.5. The molecule has 0 spiro atoms. The Morgan fingerprint density at radius 1 is 1.07 bits per heavy atom. The second-order valence-corrected chi connectivity index (χ2v) is 7.27. The van der Waals surface area contributed by atoms with Crippen LogP contribution in [0.3, 0.4) is 0 Å². The number of ether oxygens (including phenoxy) is 2. The predicted molar refractivity (Wildman–Crippen MR) is 108 cm³/mol. The molecule has 1 unspecified atom stereocenters. The topological polar surface area (TPSA) is 55.8 Å². The van der Waals surface area contributed by atoms with Crippen molar-refractivity contribution in [2.45, 2.75) is 51.0 Å². The molecule has 1 aliphatic carbocycles. The van der Waals surface area contributed by atoms with E-state index in [-0.39, 0.29) is 12.6 Å². The van der Waals surface area contributed by atoms with Crippen LogP contribution in [0.4, 0.5) is 4.79 Å². The standard InChI is InChI=1S/C23H29NO4/c25-22(27-17-9-14-19-10-3-1-4-11-19)21-15-7-8-16-24(21)23(26)28-18-20-12-5-2-6-13-20/h1,3-5,10-13,21H,2,6-9,14-18H2. The van der Waals surface area contributed by atoms with E-state index in [2.05, 4.69) is 24.3 Å². The van der Waals surface area contributed by atoms with Crippen LogP contribution in [0.1, 0.15) is 44.1 Å². The number of aryl methyl sites for hydroxylation is 1. The van der Waals surface area contributed by atoms with Gasteiger partial charge < -0.3 is 9.47 Å². The number of likely N-dealkylation sites (tertiary alicyclic amines) is 1. The highest BCUT2D eigenvalue weighted by Gasteiger charge is 2.34. The van der Waals surface area contributed by atoms with Gasteiger partial charge in [-0.15, -0.1) is 0 Å². The summed E-state index contributed by atoms with van der Waals surface area (Å²) in [6.45, 7) is 1.16. The Bertz CT molecular complexity index is 711. The first-order valence-electron chi connectivity index (χ1n) is 10.2. The fraction of sp³-hybridized carbons (Fsp3) is 0.478. The molecule has 0 aromatic heterocycles. The van der Waals surface area contributed by atoms with Crippen molar-refractivity contribution in [3.05, 3.63) is 59.7 Å². The van der Waals surface area contributed by atoms with E-state index in [0.717, 1.165) is 44.1 Å². The summed E-state index contributed by atoms with van der Waals surface area (Å²) in [7, 11) is 0. The van der Waals surface area contributed by atoms with Gasteiger partial charge in [-0.05, 0) is 56.1 Å². The number of benzene rings is 1. The number of esters is 1. The van der Waals surface area contributed by atoms with Gasteiger partial charge in [-0.1, -0.05) is 48.6 Å². The highest BCUT2D eigenvalue weighted by Crippen LogP contribution is 2.20. The van der Waals surface area contributed by atoms with Gasteiger partial charge in [0.1, 0.15) is 12.6 Å². The maximum Gasteiger partial charge on any atom is 0.410 e. The van der Waals surface area contributed by atoms with Crippen LogP contribution in [0.15, 0.2) is 54.1 Å². The van der Waals surface area contributed by atoms with Gasteiger partial charge in [0.25, 0.3) is 0 Å². The summed E-state index contributed by atoms with van der Waals surface area (Å²) >= 11 is 0. The van der Waals surface area contributed by atoms with Gasteiger partial charge in [-0.25, -0.2) is 9.59 Å². The van der Waals surface area contributed by atoms with Crippen molar-refractivity contribution < 1.29 is 19.1 Å². The highest BCUT2D eigenvalue weighted by atomic mass is 16.6. The molecule has 5 heteroatoms. The highest BCUT2D eigenvalue weighted by molar-refractivity contribution is 5.81. The van der Waals surface area contributed by atoms with Gasteiger partial charge in [0.2, 0.25) is 0 Å². The zero-order valence-electron chi connectivity index (χ0n) is 16.3. The molecule has 1 heterocycles. The summed E-state index contributed by atoms with van der Waals surface area (Å²) in [5.74, 6) is -0.318. The minimum Gasteiger partial charge on any atom is -0.464 e. The molecule has 0 saturated carbocycles. The van der Waals surface area contributed by atoms with E-state index in [9.17, 15) is 9.59 Å². The molecule has 0 bridgehead atoms. The Kier molecular flexibility index (Phi) is 7.71. The molecule has 28 heavy (non-hydrogen) atoms. The number of rotatable bonds is 7. The third-order valence-electron chi connectivity index (χ3n) is 5.14. The molecule has 1 aromatic rings. The SMILES string of the molecule is O=C(OCCCc1ccccc1)C1CCCCN1C(=O)OCC1=CCCC=C1. The van der Waals surface area contributed by atoms with Crippen molar-refractivity contribution in [3.8, 4) is 0 Å². The average Bonchev–Trinajstić information content (AvgIpc) is 2.76. The first-order valence-corrected chi connectivity index (χ1v) is 10.2. The summed E-state index contributed by atoms with van der Waals surface area (Å²) < 4.78 is 10.9. The van der Waals surface area contributed by atoms with E-state index in [1.807, 2.05) is 24.3 Å². The lowest BCUT2D eigenvalue weighted by Crippen LogP contribution is -2.49. The first-order chi connectivity index (χ1) is 13.7. The number of nitrogens with zero attached hydrogens (tertiary/aromatic N) is 1. The van der Waals surface area contributed by atoms with Crippen LogP contribution < -0.4 is 0 Å². The van der Waals surface area contributed by atoms with E-state index >= 15 is 0 Å². The first kappa shape index (κ1) is 20.2. The Balaban J connectivity index is 1.44. The Morgan fingerprint density at radius 3 is 2.71 bits per heavy atom. The normalized spacial score (nSPS) is 19.1. The van der Waals surface area contributed by atoms with Gasteiger partial charge in [0, 0.05) is 6.54 Å². The lowest BCUT2D eigenvalue weighted by molar-refractivity contribution is -0.150. The molecule has 3 rings (SSSR count). The summed E-state index contributed by atoms with van der Waals surface area (Å²) in [4.78, 5) is 26.6. The minimum atomic E-state index is -0.533. The van der Waals surface area contributed by atoms with Crippen LogP contribution in [0, 0.1) is 0 Å². The third-order valence-corrected chi connectivity index (χ3v) is 5.14. The van der Waals surface area contributed by atoms with Crippen LogP contribution in [-0.4, -0.2) is 42.8 Å². The minimum absolute atomic E-state index is 0.255. The lowest BCUT2D eigenvalue weighted by Gasteiger charge is -2.33. The average molecular weight is 383 g/mol. The molecule has 5 nitrogen and oxygen atoms in total. The molecule has 0 N–H and O–H groups in total. The number of carbonyl (C=O) groups excluding carboxylic acids is 2. The van der Waals surface area contributed by atoms with E-state index < -0.39 is 12.1 Å². The molecule has 1 aromatic carbocycles. The van der Waals surface area contributed by atoms with Crippen molar-refractivity contribution in [3.63, 3.8) is 0 Å². The van der Waals surface area contributed by atoms with E-state index in [0.29, 0.717) is 19.6 Å². The molecule has 0 radical (unpaired) electrons. The van der Waals surface area contributed by atoms with Crippen molar-refractivity contribution in [2.24, 2.45) is 0 Å². The number of hydrogen-bond donors (Lipinski definition) is 0. The fourth-order valence-corrected chi connectivity index (χ4v) is 3.59. The van der Waals surface area contributed by atoms with Crippen molar-refractivity contribution in [2.75, 3.05) is 19.8 Å². The van der Waals surface area contributed by atoms with E-state index in [1.54, 1.807) is 0 Å². The van der Waals surface area contributed by atoms with Crippen LogP contribution in [0.25, 0.3) is 0 Å². The predicted octanol–water partition coefficient (Wildman–Crippen LogP) is 4.43. The lowest BCUT2D eigenvalue weighted by atomic mass is 10.0. The summed E-state index contributed by atoms with van der Waals surface area (Å²) in [6.07, 6.45) is 11.8. The maximum atomic E-state index is 12.5. The largest absolute Gasteiger partial charge is 0.464 e. The third kappa shape index (κ3) is 5.98. The molecule has 2 aliphatic rings. The summed E-state index contributed by atoms with van der Waals surface area (Å²) in [5, 5.41) is 0. The molecular weight excluding hydrogens is 354 g/mol. The number of carbonyl (C=O) groups is 2. The van der Waals surface area contributed by atoms with E-state index in [1.165, 1.54) is 10.5 Å². The zero-order valence-corrected chi connectivity index (χ0v) is 16.3. The Labute approximate surface area is 167 Å². The molecule has 1 aliphatic heterocycles. The molecule has 1 saturated heterocycles. The van der Waals surface area contributed by atoms with Crippen molar-refractivity contribution >= 4 is 12.1 Å². The number of piperidine rings is 1. The van der Waals surface area contributed by atoms with Crippen LogP contribution in [-0.2, 0) is 20.7 Å². The quantitative estimate of drug-likeness (QED) is 0.516. The molecule has 1 fully saturated rings. The monoisotopic (exact) mass is 383 g/mol. The number of amides is 1. The van der Waals surface area contributed by atoms with Gasteiger partial charge >= 0.3 is 12.1 Å². The zero-order chi connectivity index (χ0) is 19.6. The number of allylic oxidation sites excluding steroid dienone is 2. The smallest absolute Gasteiger partial charge is 0.410 e. The Hall–Kier alpha value is -2.56. The fourth-order valence-electron chi connectivity index (χ4n) is 3.59. The Morgan fingerprint density at radius 2 is 1.93 bits per heavy atom.